The Labute approximate surface area is 79.9 Å². The van der Waals surface area contributed by atoms with Crippen LogP contribution < -0.4 is 5.73 Å². The molecular formula is C10H19N3. The van der Waals surface area contributed by atoms with Crippen LogP contribution in [-0.2, 0) is 12.0 Å². The van der Waals surface area contributed by atoms with Gasteiger partial charge in [0.15, 0.2) is 0 Å². The Balaban J connectivity index is 2.90. The third-order valence-electron chi connectivity index (χ3n) is 1.95. The summed E-state index contributed by atoms with van der Waals surface area (Å²) in [7, 11) is 0. The van der Waals surface area contributed by atoms with E-state index in [0.717, 1.165) is 6.54 Å². The van der Waals surface area contributed by atoms with Gasteiger partial charge in [-0.2, -0.15) is 5.10 Å². The second kappa shape index (κ2) is 3.50. The molecule has 0 aromatic carbocycles. The van der Waals surface area contributed by atoms with Crippen LogP contribution >= 0.6 is 0 Å². The highest BCUT2D eigenvalue weighted by Crippen LogP contribution is 2.21. The van der Waals surface area contributed by atoms with Crippen molar-refractivity contribution in [1.29, 1.82) is 0 Å². The molecule has 3 heteroatoms. The first-order chi connectivity index (χ1) is 5.91. The van der Waals surface area contributed by atoms with Gasteiger partial charge in [0.05, 0.1) is 6.54 Å². The molecule has 0 aliphatic rings. The molecule has 0 radical (unpaired) electrons. The molecule has 3 nitrogen and oxygen atoms in total. The fourth-order valence-electron chi connectivity index (χ4n) is 1.39. The summed E-state index contributed by atoms with van der Waals surface area (Å²) in [6.07, 6.45) is 1.84. The second-order valence-electron chi connectivity index (χ2n) is 4.63. The zero-order valence-corrected chi connectivity index (χ0v) is 8.91. The van der Waals surface area contributed by atoms with E-state index < -0.39 is 0 Å². The molecule has 1 rings (SSSR count). The zero-order valence-electron chi connectivity index (χ0n) is 8.91. The van der Waals surface area contributed by atoms with Crippen molar-refractivity contribution in [3.05, 3.63) is 18.0 Å². The van der Waals surface area contributed by atoms with Crippen LogP contribution in [0.15, 0.2) is 12.3 Å². The van der Waals surface area contributed by atoms with Crippen molar-refractivity contribution in [3.8, 4) is 0 Å². The van der Waals surface area contributed by atoms with Crippen LogP contribution in [-0.4, -0.2) is 15.8 Å². The molecule has 13 heavy (non-hydrogen) atoms. The van der Waals surface area contributed by atoms with Crippen LogP contribution in [0.1, 0.15) is 33.4 Å². The van der Waals surface area contributed by atoms with E-state index in [2.05, 4.69) is 31.9 Å². The topological polar surface area (TPSA) is 43.8 Å². The summed E-state index contributed by atoms with van der Waals surface area (Å²) in [6.45, 7) is 9.33. The first kappa shape index (κ1) is 10.3. The van der Waals surface area contributed by atoms with Crippen molar-refractivity contribution in [1.82, 2.24) is 9.78 Å². The summed E-state index contributed by atoms with van der Waals surface area (Å²) in [6, 6.07) is 2.21. The number of rotatable bonds is 2. The SMILES string of the molecule is CC(N)Cn1nccc1C(C)(C)C. The molecule has 0 aliphatic heterocycles. The maximum absolute atomic E-state index is 5.73. The molecule has 2 N–H and O–H groups in total. The highest BCUT2D eigenvalue weighted by atomic mass is 15.3. The van der Waals surface area contributed by atoms with E-state index in [1.54, 1.807) is 0 Å². The molecule has 1 atom stereocenters. The monoisotopic (exact) mass is 181 g/mol. The lowest BCUT2D eigenvalue weighted by atomic mass is 9.92. The van der Waals surface area contributed by atoms with E-state index in [-0.39, 0.29) is 11.5 Å². The minimum atomic E-state index is 0.144. The Kier molecular flexibility index (Phi) is 2.76. The molecular weight excluding hydrogens is 162 g/mol. The largest absolute Gasteiger partial charge is 0.326 e. The van der Waals surface area contributed by atoms with Gasteiger partial charge >= 0.3 is 0 Å². The summed E-state index contributed by atoms with van der Waals surface area (Å²) in [5.74, 6) is 0. The summed E-state index contributed by atoms with van der Waals surface area (Å²) >= 11 is 0. The van der Waals surface area contributed by atoms with Crippen molar-refractivity contribution in [2.24, 2.45) is 5.73 Å². The van der Waals surface area contributed by atoms with Crippen molar-refractivity contribution in [2.75, 3.05) is 0 Å². The van der Waals surface area contributed by atoms with E-state index in [0.29, 0.717) is 0 Å². The minimum absolute atomic E-state index is 0.144. The third-order valence-corrected chi connectivity index (χ3v) is 1.95. The van der Waals surface area contributed by atoms with E-state index >= 15 is 0 Å². The Hall–Kier alpha value is -0.830. The number of nitrogens with zero attached hydrogens (tertiary/aromatic N) is 2. The Morgan fingerprint density at radius 1 is 1.54 bits per heavy atom. The number of nitrogens with two attached hydrogens (primary N) is 1. The lowest BCUT2D eigenvalue weighted by Gasteiger charge is -2.21. The van der Waals surface area contributed by atoms with Gasteiger partial charge in [-0.3, -0.25) is 4.68 Å². The zero-order chi connectivity index (χ0) is 10.1. The first-order valence-electron chi connectivity index (χ1n) is 4.69. The lowest BCUT2D eigenvalue weighted by Crippen LogP contribution is -2.27. The molecule has 1 aromatic rings. The maximum atomic E-state index is 5.73. The Morgan fingerprint density at radius 3 is 2.62 bits per heavy atom. The average molecular weight is 181 g/mol. The van der Waals surface area contributed by atoms with Crippen molar-refractivity contribution >= 4 is 0 Å². The molecule has 0 saturated carbocycles. The highest BCUT2D eigenvalue weighted by Gasteiger charge is 2.18. The highest BCUT2D eigenvalue weighted by molar-refractivity contribution is 5.11. The molecule has 1 aromatic heterocycles. The second-order valence-corrected chi connectivity index (χ2v) is 4.63. The molecule has 0 spiro atoms. The van der Waals surface area contributed by atoms with Gasteiger partial charge in [0.1, 0.15) is 0 Å². The molecule has 1 unspecified atom stereocenters. The minimum Gasteiger partial charge on any atom is -0.326 e. The molecule has 0 saturated heterocycles. The Morgan fingerprint density at radius 2 is 2.15 bits per heavy atom. The summed E-state index contributed by atoms with van der Waals surface area (Å²) < 4.78 is 1.99. The maximum Gasteiger partial charge on any atom is 0.0561 e. The summed E-state index contributed by atoms with van der Waals surface area (Å²) in [4.78, 5) is 0. The van der Waals surface area contributed by atoms with Gasteiger partial charge in [-0.05, 0) is 13.0 Å². The van der Waals surface area contributed by atoms with Crippen molar-refractivity contribution in [3.63, 3.8) is 0 Å². The Bertz CT molecular complexity index is 268. The van der Waals surface area contributed by atoms with E-state index in [1.807, 2.05) is 17.8 Å². The van der Waals surface area contributed by atoms with Gasteiger partial charge in [-0.15, -0.1) is 0 Å². The standard InChI is InChI=1S/C10H19N3/c1-8(11)7-13-9(5-6-12-13)10(2,3)4/h5-6,8H,7,11H2,1-4H3. The fraction of sp³-hybridized carbons (Fsp3) is 0.700. The number of hydrogen-bond donors (Lipinski definition) is 1. The molecule has 1 heterocycles. The van der Waals surface area contributed by atoms with Gasteiger partial charge in [-0.1, -0.05) is 20.8 Å². The molecule has 74 valence electrons. The van der Waals surface area contributed by atoms with Gasteiger partial charge < -0.3 is 5.73 Å². The molecule has 0 fully saturated rings. The van der Waals surface area contributed by atoms with Crippen LogP contribution in [0.25, 0.3) is 0 Å². The van der Waals surface area contributed by atoms with Crippen LogP contribution in [0.2, 0.25) is 0 Å². The average Bonchev–Trinajstić information content (AvgIpc) is 2.31. The fourth-order valence-corrected chi connectivity index (χ4v) is 1.39. The van der Waals surface area contributed by atoms with Gasteiger partial charge in [0.25, 0.3) is 0 Å². The van der Waals surface area contributed by atoms with Gasteiger partial charge in [0.2, 0.25) is 0 Å². The van der Waals surface area contributed by atoms with Crippen molar-refractivity contribution < 1.29 is 0 Å². The first-order valence-corrected chi connectivity index (χ1v) is 4.69. The van der Waals surface area contributed by atoms with Crippen molar-refractivity contribution in [2.45, 2.75) is 45.7 Å². The third kappa shape index (κ3) is 2.56. The molecule has 0 amide bonds. The summed E-state index contributed by atoms with van der Waals surface area (Å²) in [5.41, 5.74) is 7.12. The lowest BCUT2D eigenvalue weighted by molar-refractivity contribution is 0.459. The predicted molar refractivity (Wildman–Crippen MR) is 54.6 cm³/mol. The normalized spacial score (nSPS) is 14.5. The molecule has 0 bridgehead atoms. The van der Waals surface area contributed by atoms with E-state index in [4.69, 9.17) is 5.73 Å². The van der Waals surface area contributed by atoms with Crippen LogP contribution in [0.4, 0.5) is 0 Å². The van der Waals surface area contributed by atoms with Gasteiger partial charge in [0, 0.05) is 23.3 Å². The van der Waals surface area contributed by atoms with E-state index in [1.165, 1.54) is 5.69 Å². The smallest absolute Gasteiger partial charge is 0.0561 e. The van der Waals surface area contributed by atoms with E-state index in [9.17, 15) is 0 Å². The number of hydrogen-bond acceptors (Lipinski definition) is 2. The molecule has 0 aliphatic carbocycles. The summed E-state index contributed by atoms with van der Waals surface area (Å²) in [5, 5.41) is 4.26. The van der Waals surface area contributed by atoms with Crippen LogP contribution in [0.5, 0.6) is 0 Å². The quantitative estimate of drug-likeness (QED) is 0.752. The number of aromatic nitrogens is 2. The van der Waals surface area contributed by atoms with Crippen LogP contribution in [0, 0.1) is 0 Å². The van der Waals surface area contributed by atoms with Crippen LogP contribution in [0.3, 0.4) is 0 Å². The predicted octanol–water partition coefficient (Wildman–Crippen LogP) is 1.53. The van der Waals surface area contributed by atoms with Gasteiger partial charge in [-0.25, -0.2) is 0 Å².